The highest BCUT2D eigenvalue weighted by Crippen LogP contribution is 2.32. The molecule has 0 aromatic carbocycles. The lowest BCUT2D eigenvalue weighted by Crippen LogP contribution is -2.30. The summed E-state index contributed by atoms with van der Waals surface area (Å²) in [6.07, 6.45) is 2.91. The molecule has 0 amide bonds. The van der Waals surface area contributed by atoms with E-state index in [1.165, 1.54) is 4.88 Å². The molecule has 3 atom stereocenters. The highest BCUT2D eigenvalue weighted by Gasteiger charge is 2.32. The van der Waals surface area contributed by atoms with Gasteiger partial charge in [0.15, 0.2) is 0 Å². The van der Waals surface area contributed by atoms with Crippen molar-refractivity contribution in [2.75, 3.05) is 6.54 Å². The van der Waals surface area contributed by atoms with E-state index in [1.807, 2.05) is 0 Å². The smallest absolute Gasteiger partial charge is 0.306 e. The van der Waals surface area contributed by atoms with Crippen LogP contribution in [0.2, 0.25) is 0 Å². The Balaban J connectivity index is 1.86. The molecule has 1 heterocycles. The summed E-state index contributed by atoms with van der Waals surface area (Å²) in [6, 6.07) is 2.41. The molecule has 0 bridgehead atoms. The van der Waals surface area contributed by atoms with Crippen LogP contribution in [0.25, 0.3) is 0 Å². The van der Waals surface area contributed by atoms with Crippen molar-refractivity contribution in [1.82, 2.24) is 5.32 Å². The lowest BCUT2D eigenvalue weighted by molar-refractivity contribution is -0.142. The average Bonchev–Trinajstić information content (AvgIpc) is 2.94. The van der Waals surface area contributed by atoms with Crippen LogP contribution in [0.5, 0.6) is 0 Å². The number of hydrogen-bond donors (Lipinski definition) is 2. The molecule has 1 aliphatic rings. The van der Waals surface area contributed by atoms with Crippen LogP contribution in [0.4, 0.5) is 0 Å². The van der Waals surface area contributed by atoms with Gasteiger partial charge in [0.2, 0.25) is 0 Å². The number of aliphatic carboxylic acids is 1. The van der Waals surface area contributed by atoms with Crippen molar-refractivity contribution < 1.29 is 9.90 Å². The van der Waals surface area contributed by atoms with Gasteiger partial charge in [0.1, 0.15) is 0 Å². The molecule has 3 unspecified atom stereocenters. The second kappa shape index (κ2) is 6.17. The van der Waals surface area contributed by atoms with E-state index >= 15 is 0 Å². The van der Waals surface area contributed by atoms with Gasteiger partial charge in [-0.2, -0.15) is 0 Å². The molecule has 0 spiro atoms. The molecule has 1 aromatic heterocycles. The predicted molar refractivity (Wildman–Crippen MR) is 76.9 cm³/mol. The average molecular weight is 332 g/mol. The Morgan fingerprint density at radius 3 is 3.06 bits per heavy atom. The van der Waals surface area contributed by atoms with Gasteiger partial charge in [0, 0.05) is 20.8 Å². The van der Waals surface area contributed by atoms with E-state index in [-0.39, 0.29) is 17.9 Å². The molecule has 3 nitrogen and oxygen atoms in total. The molecule has 1 saturated carbocycles. The molecule has 100 valence electrons. The fourth-order valence-corrected chi connectivity index (χ4v) is 4.07. The van der Waals surface area contributed by atoms with Crippen molar-refractivity contribution in [3.8, 4) is 0 Å². The summed E-state index contributed by atoms with van der Waals surface area (Å²) in [7, 11) is 0. The topological polar surface area (TPSA) is 49.3 Å². The van der Waals surface area contributed by atoms with E-state index in [0.29, 0.717) is 0 Å². The zero-order valence-electron chi connectivity index (χ0n) is 10.4. The zero-order chi connectivity index (χ0) is 13.1. The Hall–Kier alpha value is -0.390. The lowest BCUT2D eigenvalue weighted by Gasteiger charge is -2.19. The predicted octanol–water partition coefficient (Wildman–Crippen LogP) is 3.66. The zero-order valence-corrected chi connectivity index (χ0v) is 12.8. The summed E-state index contributed by atoms with van der Waals surface area (Å²) >= 11 is 5.17. The number of rotatable bonds is 5. The van der Waals surface area contributed by atoms with Crippen LogP contribution in [0.15, 0.2) is 15.9 Å². The quantitative estimate of drug-likeness (QED) is 0.865. The Kier molecular flexibility index (Phi) is 4.81. The molecule has 5 heteroatoms. The minimum absolute atomic E-state index is 0.153. The molecule has 18 heavy (non-hydrogen) atoms. The first-order valence-corrected chi connectivity index (χ1v) is 7.95. The van der Waals surface area contributed by atoms with Gasteiger partial charge < -0.3 is 10.4 Å². The molecule has 1 fully saturated rings. The maximum Gasteiger partial charge on any atom is 0.306 e. The molecular formula is C13H18BrNO2S. The Morgan fingerprint density at radius 2 is 2.44 bits per heavy atom. The van der Waals surface area contributed by atoms with Gasteiger partial charge in [-0.05, 0) is 54.2 Å². The number of halogens is 1. The van der Waals surface area contributed by atoms with Crippen LogP contribution >= 0.6 is 27.3 Å². The number of nitrogens with one attached hydrogen (secondary N) is 1. The van der Waals surface area contributed by atoms with Crippen LogP contribution in [-0.4, -0.2) is 17.6 Å². The van der Waals surface area contributed by atoms with Crippen LogP contribution in [-0.2, 0) is 4.79 Å². The van der Waals surface area contributed by atoms with Gasteiger partial charge in [0.25, 0.3) is 0 Å². The summed E-state index contributed by atoms with van der Waals surface area (Å²) in [5, 5.41) is 14.7. The van der Waals surface area contributed by atoms with Gasteiger partial charge >= 0.3 is 5.97 Å². The van der Waals surface area contributed by atoms with E-state index in [1.54, 1.807) is 11.3 Å². The molecular weight excluding hydrogens is 314 g/mol. The second-order valence-electron chi connectivity index (χ2n) is 4.93. The Labute approximate surface area is 120 Å². The standard InChI is InChI=1S/C13H18BrNO2S/c1-8(12-5-10(14)7-18-12)15-6-9-3-2-4-11(9)13(16)17/h5,7-9,11,15H,2-4,6H2,1H3,(H,16,17). The van der Waals surface area contributed by atoms with Crippen molar-refractivity contribution in [2.24, 2.45) is 11.8 Å². The third kappa shape index (κ3) is 3.33. The monoisotopic (exact) mass is 331 g/mol. The largest absolute Gasteiger partial charge is 0.481 e. The Morgan fingerprint density at radius 1 is 1.67 bits per heavy atom. The number of thiophene rings is 1. The fraction of sp³-hybridized carbons (Fsp3) is 0.615. The second-order valence-corrected chi connectivity index (χ2v) is 6.79. The molecule has 2 rings (SSSR count). The van der Waals surface area contributed by atoms with Gasteiger partial charge in [-0.25, -0.2) is 0 Å². The molecule has 1 aliphatic carbocycles. The summed E-state index contributed by atoms with van der Waals surface area (Å²) in [4.78, 5) is 12.4. The van der Waals surface area contributed by atoms with E-state index in [0.717, 1.165) is 30.3 Å². The van der Waals surface area contributed by atoms with E-state index in [9.17, 15) is 4.79 Å². The molecule has 2 N–H and O–H groups in total. The fourth-order valence-electron chi connectivity index (χ4n) is 2.59. The summed E-state index contributed by atoms with van der Waals surface area (Å²) in [5.41, 5.74) is 0. The van der Waals surface area contributed by atoms with E-state index in [4.69, 9.17) is 5.11 Å². The van der Waals surface area contributed by atoms with Crippen molar-refractivity contribution in [3.63, 3.8) is 0 Å². The highest BCUT2D eigenvalue weighted by atomic mass is 79.9. The third-order valence-corrected chi connectivity index (χ3v) is 5.55. The van der Waals surface area contributed by atoms with Crippen molar-refractivity contribution in [2.45, 2.75) is 32.2 Å². The molecule has 1 aromatic rings. The van der Waals surface area contributed by atoms with Gasteiger partial charge in [0.05, 0.1) is 5.92 Å². The maximum atomic E-state index is 11.1. The third-order valence-electron chi connectivity index (χ3n) is 3.68. The molecule has 0 radical (unpaired) electrons. The number of carboxylic acids is 1. The molecule has 0 aliphatic heterocycles. The van der Waals surface area contributed by atoms with Gasteiger partial charge in [-0.1, -0.05) is 6.42 Å². The number of carbonyl (C=O) groups is 1. The lowest BCUT2D eigenvalue weighted by atomic mass is 9.96. The van der Waals surface area contributed by atoms with Gasteiger partial charge in [-0.3, -0.25) is 4.79 Å². The highest BCUT2D eigenvalue weighted by molar-refractivity contribution is 9.10. The van der Waals surface area contributed by atoms with E-state index in [2.05, 4.69) is 39.6 Å². The Bertz CT molecular complexity index is 421. The van der Waals surface area contributed by atoms with Gasteiger partial charge in [-0.15, -0.1) is 11.3 Å². The first-order valence-electron chi connectivity index (χ1n) is 6.28. The normalized spacial score (nSPS) is 25.2. The van der Waals surface area contributed by atoms with Crippen molar-refractivity contribution >= 4 is 33.2 Å². The summed E-state index contributed by atoms with van der Waals surface area (Å²) in [5.74, 6) is -0.501. The number of carboxylic acid groups (broad SMARTS) is 1. The molecule has 0 saturated heterocycles. The number of hydrogen-bond acceptors (Lipinski definition) is 3. The first kappa shape index (κ1) is 14.0. The summed E-state index contributed by atoms with van der Waals surface area (Å²) < 4.78 is 1.11. The maximum absolute atomic E-state index is 11.1. The van der Waals surface area contributed by atoms with Crippen molar-refractivity contribution in [3.05, 3.63) is 20.8 Å². The minimum atomic E-state index is -0.633. The SMILES string of the molecule is CC(NCC1CCCC1C(=O)O)c1cc(Br)cs1. The first-order chi connectivity index (χ1) is 8.58. The van der Waals surface area contributed by atoms with Crippen LogP contribution in [0.1, 0.15) is 37.1 Å². The van der Waals surface area contributed by atoms with Crippen LogP contribution in [0.3, 0.4) is 0 Å². The van der Waals surface area contributed by atoms with Crippen LogP contribution in [0, 0.1) is 11.8 Å². The van der Waals surface area contributed by atoms with Crippen molar-refractivity contribution in [1.29, 1.82) is 0 Å². The van der Waals surface area contributed by atoms with Crippen LogP contribution < -0.4 is 5.32 Å². The van der Waals surface area contributed by atoms with E-state index < -0.39 is 5.97 Å². The summed E-state index contributed by atoms with van der Waals surface area (Å²) in [6.45, 7) is 2.93. The minimum Gasteiger partial charge on any atom is -0.481 e.